The lowest BCUT2D eigenvalue weighted by Gasteiger charge is -2.43. The van der Waals surface area contributed by atoms with Gasteiger partial charge in [0, 0.05) is 25.7 Å². The molecule has 2 nitrogen and oxygen atoms in total. The lowest BCUT2D eigenvalue weighted by Crippen LogP contribution is -2.43. The zero-order valence-corrected chi connectivity index (χ0v) is 14.1. The van der Waals surface area contributed by atoms with Crippen molar-refractivity contribution in [2.24, 2.45) is 0 Å². The number of rotatable bonds is 6. The summed E-state index contributed by atoms with van der Waals surface area (Å²) in [6, 6.07) is 22.1. The molecule has 0 saturated carbocycles. The van der Waals surface area contributed by atoms with Gasteiger partial charge in [0.15, 0.2) is 0 Å². The molecule has 0 aliphatic carbocycles. The Hall–Kier alpha value is -1.64. The Bertz CT molecular complexity index is 532. The molecule has 0 spiro atoms. The van der Waals surface area contributed by atoms with Crippen LogP contribution in [0.15, 0.2) is 60.7 Å². The summed E-state index contributed by atoms with van der Waals surface area (Å²) in [5.41, 5.74) is 3.09. The smallest absolute Gasteiger partial charge is 0.0474 e. The molecule has 122 valence electrons. The second-order valence-electron chi connectivity index (χ2n) is 6.50. The minimum absolute atomic E-state index is 0.167. The molecule has 0 bridgehead atoms. The van der Waals surface area contributed by atoms with Crippen LogP contribution in [0.5, 0.6) is 0 Å². The Labute approximate surface area is 140 Å². The summed E-state index contributed by atoms with van der Waals surface area (Å²) in [7, 11) is 1.78. The van der Waals surface area contributed by atoms with Gasteiger partial charge in [-0.25, -0.2) is 0 Å². The molecule has 0 amide bonds. The van der Waals surface area contributed by atoms with E-state index in [0.29, 0.717) is 0 Å². The minimum atomic E-state index is 0.167. The maximum absolute atomic E-state index is 5.19. The van der Waals surface area contributed by atoms with Gasteiger partial charge in [-0.05, 0) is 43.5 Å². The van der Waals surface area contributed by atoms with Crippen LogP contribution >= 0.6 is 0 Å². The molecular formula is C21H27NO. The molecule has 0 N–H and O–H groups in total. The molecule has 2 heteroatoms. The first-order valence-electron chi connectivity index (χ1n) is 8.67. The van der Waals surface area contributed by atoms with Crippen molar-refractivity contribution < 1.29 is 4.74 Å². The van der Waals surface area contributed by atoms with Gasteiger partial charge in [0.1, 0.15) is 0 Å². The van der Waals surface area contributed by atoms with Gasteiger partial charge in [-0.1, -0.05) is 60.7 Å². The molecule has 1 fully saturated rings. The summed E-state index contributed by atoms with van der Waals surface area (Å²) >= 11 is 0. The van der Waals surface area contributed by atoms with Gasteiger partial charge in [0.05, 0.1) is 0 Å². The first kappa shape index (κ1) is 16.2. The van der Waals surface area contributed by atoms with E-state index >= 15 is 0 Å². The van der Waals surface area contributed by atoms with Crippen LogP contribution in [0.4, 0.5) is 0 Å². The Morgan fingerprint density at radius 2 is 1.39 bits per heavy atom. The van der Waals surface area contributed by atoms with Crippen LogP contribution in [0.1, 0.15) is 30.4 Å². The summed E-state index contributed by atoms with van der Waals surface area (Å²) < 4.78 is 5.19. The normalized spacial score (nSPS) is 18.0. The SMILES string of the molecule is COCCCN1CCC(c2ccccc2)(c2ccccc2)CC1. The summed E-state index contributed by atoms with van der Waals surface area (Å²) in [6.07, 6.45) is 3.50. The van der Waals surface area contributed by atoms with Gasteiger partial charge < -0.3 is 9.64 Å². The number of piperidine rings is 1. The van der Waals surface area contributed by atoms with E-state index in [4.69, 9.17) is 4.74 Å². The van der Waals surface area contributed by atoms with E-state index in [1.807, 2.05) is 0 Å². The fourth-order valence-electron chi connectivity index (χ4n) is 3.85. The molecule has 0 atom stereocenters. The average Bonchev–Trinajstić information content (AvgIpc) is 2.64. The number of hydrogen-bond donors (Lipinski definition) is 0. The van der Waals surface area contributed by atoms with Crippen molar-refractivity contribution in [3.05, 3.63) is 71.8 Å². The third-order valence-corrected chi connectivity index (χ3v) is 5.19. The van der Waals surface area contributed by atoms with Crippen molar-refractivity contribution in [2.75, 3.05) is 33.4 Å². The molecule has 0 aromatic heterocycles. The Kier molecular flexibility index (Phi) is 5.47. The van der Waals surface area contributed by atoms with Crippen LogP contribution in [0.3, 0.4) is 0 Å². The Morgan fingerprint density at radius 1 is 0.870 bits per heavy atom. The lowest BCUT2D eigenvalue weighted by atomic mass is 9.68. The standard InChI is InChI=1S/C21H27NO/c1-23-18-8-15-22-16-13-21(14-17-22,19-9-4-2-5-10-19)20-11-6-3-7-12-20/h2-7,9-12H,8,13-18H2,1H3. The molecule has 23 heavy (non-hydrogen) atoms. The van der Waals surface area contributed by atoms with Crippen molar-refractivity contribution in [2.45, 2.75) is 24.7 Å². The van der Waals surface area contributed by atoms with E-state index in [1.165, 1.54) is 24.0 Å². The van der Waals surface area contributed by atoms with E-state index in [9.17, 15) is 0 Å². The maximum atomic E-state index is 5.19. The largest absolute Gasteiger partial charge is 0.385 e. The highest BCUT2D eigenvalue weighted by molar-refractivity contribution is 5.40. The molecule has 2 aromatic carbocycles. The van der Waals surface area contributed by atoms with Crippen LogP contribution < -0.4 is 0 Å². The number of benzene rings is 2. The fourth-order valence-corrected chi connectivity index (χ4v) is 3.85. The van der Waals surface area contributed by atoms with Crippen molar-refractivity contribution in [1.29, 1.82) is 0 Å². The first-order chi connectivity index (χ1) is 11.3. The third-order valence-electron chi connectivity index (χ3n) is 5.19. The van der Waals surface area contributed by atoms with Gasteiger partial charge in [-0.3, -0.25) is 0 Å². The molecule has 2 aromatic rings. The van der Waals surface area contributed by atoms with Crippen molar-refractivity contribution >= 4 is 0 Å². The number of nitrogens with zero attached hydrogens (tertiary/aromatic N) is 1. The minimum Gasteiger partial charge on any atom is -0.385 e. The number of methoxy groups -OCH3 is 1. The molecule has 0 unspecified atom stereocenters. The van der Waals surface area contributed by atoms with Crippen LogP contribution in [0, 0.1) is 0 Å². The number of likely N-dealkylation sites (tertiary alicyclic amines) is 1. The Morgan fingerprint density at radius 3 is 1.87 bits per heavy atom. The second kappa shape index (κ2) is 7.76. The van der Waals surface area contributed by atoms with Gasteiger partial charge in [0.25, 0.3) is 0 Å². The van der Waals surface area contributed by atoms with Crippen molar-refractivity contribution in [3.63, 3.8) is 0 Å². The van der Waals surface area contributed by atoms with E-state index in [2.05, 4.69) is 65.6 Å². The van der Waals surface area contributed by atoms with E-state index < -0.39 is 0 Å². The fraction of sp³-hybridized carbons (Fsp3) is 0.429. The molecule has 3 rings (SSSR count). The van der Waals surface area contributed by atoms with Gasteiger partial charge in [-0.15, -0.1) is 0 Å². The number of ether oxygens (including phenoxy) is 1. The van der Waals surface area contributed by atoms with Crippen LogP contribution in [0.2, 0.25) is 0 Å². The highest BCUT2D eigenvalue weighted by atomic mass is 16.5. The monoisotopic (exact) mass is 309 g/mol. The van der Waals surface area contributed by atoms with E-state index in [1.54, 1.807) is 7.11 Å². The zero-order chi connectivity index (χ0) is 16.0. The predicted molar refractivity (Wildman–Crippen MR) is 95.8 cm³/mol. The van der Waals surface area contributed by atoms with E-state index in [-0.39, 0.29) is 5.41 Å². The summed E-state index contributed by atoms with van der Waals surface area (Å²) in [4.78, 5) is 2.59. The van der Waals surface area contributed by atoms with Crippen LogP contribution in [0.25, 0.3) is 0 Å². The number of hydrogen-bond acceptors (Lipinski definition) is 2. The zero-order valence-electron chi connectivity index (χ0n) is 14.1. The third kappa shape index (κ3) is 3.65. The van der Waals surface area contributed by atoms with Gasteiger partial charge >= 0.3 is 0 Å². The van der Waals surface area contributed by atoms with Gasteiger partial charge in [-0.2, -0.15) is 0 Å². The lowest BCUT2D eigenvalue weighted by molar-refractivity contribution is 0.144. The van der Waals surface area contributed by atoms with Crippen LogP contribution in [-0.4, -0.2) is 38.3 Å². The highest BCUT2D eigenvalue weighted by Gasteiger charge is 2.37. The molecule has 1 saturated heterocycles. The van der Waals surface area contributed by atoms with Crippen molar-refractivity contribution in [3.8, 4) is 0 Å². The summed E-state index contributed by atoms with van der Waals surface area (Å²) in [5, 5.41) is 0. The van der Waals surface area contributed by atoms with Gasteiger partial charge in [0.2, 0.25) is 0 Å². The first-order valence-corrected chi connectivity index (χ1v) is 8.67. The molecule has 1 aliphatic heterocycles. The maximum Gasteiger partial charge on any atom is 0.0474 e. The molecule has 1 heterocycles. The molecular weight excluding hydrogens is 282 g/mol. The topological polar surface area (TPSA) is 12.5 Å². The molecule has 1 aliphatic rings. The van der Waals surface area contributed by atoms with Crippen molar-refractivity contribution in [1.82, 2.24) is 4.90 Å². The quantitative estimate of drug-likeness (QED) is 0.745. The second-order valence-corrected chi connectivity index (χ2v) is 6.50. The Balaban J connectivity index is 1.80. The summed E-state index contributed by atoms with van der Waals surface area (Å²) in [5.74, 6) is 0. The average molecular weight is 309 g/mol. The molecule has 0 radical (unpaired) electrons. The van der Waals surface area contributed by atoms with E-state index in [0.717, 1.165) is 32.7 Å². The summed E-state index contributed by atoms with van der Waals surface area (Å²) in [6.45, 7) is 4.33. The van der Waals surface area contributed by atoms with Crippen LogP contribution in [-0.2, 0) is 10.2 Å². The predicted octanol–water partition coefficient (Wildman–Crippen LogP) is 4.11. The highest BCUT2D eigenvalue weighted by Crippen LogP contribution is 2.41.